The third-order valence-corrected chi connectivity index (χ3v) is 5.15. The number of aliphatic carboxylic acids is 1. The van der Waals surface area contributed by atoms with Gasteiger partial charge in [0.15, 0.2) is 0 Å². The minimum atomic E-state index is -0.805. The Bertz CT molecular complexity index is 377. The highest BCUT2D eigenvalue weighted by molar-refractivity contribution is 5.86. The topological polar surface area (TPSA) is 57.6 Å². The van der Waals surface area contributed by atoms with Crippen LogP contribution in [0.25, 0.3) is 0 Å². The van der Waals surface area contributed by atoms with E-state index in [0.29, 0.717) is 18.4 Å². The van der Waals surface area contributed by atoms with E-state index in [1.54, 1.807) is 4.90 Å². The molecule has 100 valence electrons. The second kappa shape index (κ2) is 4.25. The molecule has 1 heterocycles. The maximum atomic E-state index is 12.4. The minimum absolute atomic E-state index is 0.0191. The van der Waals surface area contributed by atoms with Gasteiger partial charge in [0, 0.05) is 12.5 Å². The molecule has 1 N–H and O–H groups in total. The zero-order chi connectivity index (χ0) is 12.9. The molecule has 0 radical (unpaired) electrons. The molecular formula is C14H21NO3. The molecular weight excluding hydrogens is 230 g/mol. The van der Waals surface area contributed by atoms with Gasteiger partial charge in [-0.05, 0) is 43.4 Å². The first-order chi connectivity index (χ1) is 8.59. The molecule has 0 aromatic rings. The normalized spacial score (nSPS) is 36.5. The van der Waals surface area contributed by atoms with E-state index >= 15 is 0 Å². The highest BCUT2D eigenvalue weighted by atomic mass is 16.4. The van der Waals surface area contributed by atoms with E-state index in [1.807, 2.05) is 6.92 Å². The number of hydrogen-bond donors (Lipinski definition) is 1. The van der Waals surface area contributed by atoms with Gasteiger partial charge in [0.25, 0.3) is 0 Å². The van der Waals surface area contributed by atoms with Crippen LogP contribution in [0.4, 0.5) is 0 Å². The van der Waals surface area contributed by atoms with Gasteiger partial charge in [-0.1, -0.05) is 13.3 Å². The summed E-state index contributed by atoms with van der Waals surface area (Å²) in [5.74, 6) is 0.442. The number of carbonyl (C=O) groups excluding carboxylic acids is 1. The molecule has 2 saturated carbocycles. The highest BCUT2D eigenvalue weighted by Crippen LogP contribution is 2.44. The summed E-state index contributed by atoms with van der Waals surface area (Å²) in [6.45, 7) is 2.64. The fourth-order valence-electron chi connectivity index (χ4n) is 3.91. The first-order valence-corrected chi connectivity index (χ1v) is 7.13. The maximum absolute atomic E-state index is 12.4. The van der Waals surface area contributed by atoms with E-state index in [4.69, 9.17) is 0 Å². The summed E-state index contributed by atoms with van der Waals surface area (Å²) < 4.78 is 0. The monoisotopic (exact) mass is 251 g/mol. The quantitative estimate of drug-likeness (QED) is 0.831. The van der Waals surface area contributed by atoms with Gasteiger partial charge in [-0.2, -0.15) is 0 Å². The van der Waals surface area contributed by atoms with E-state index in [2.05, 4.69) is 0 Å². The zero-order valence-corrected chi connectivity index (χ0v) is 10.8. The van der Waals surface area contributed by atoms with E-state index in [1.165, 1.54) is 0 Å². The molecule has 18 heavy (non-hydrogen) atoms. The van der Waals surface area contributed by atoms with Crippen molar-refractivity contribution in [1.29, 1.82) is 0 Å². The first kappa shape index (κ1) is 12.0. The van der Waals surface area contributed by atoms with E-state index < -0.39 is 12.0 Å². The second-order valence-corrected chi connectivity index (χ2v) is 6.25. The molecule has 2 aliphatic carbocycles. The van der Waals surface area contributed by atoms with Crippen LogP contribution in [0, 0.1) is 23.7 Å². The number of likely N-dealkylation sites (tertiary alicyclic amines) is 1. The third kappa shape index (κ3) is 1.82. The molecule has 4 unspecified atom stereocenters. The van der Waals surface area contributed by atoms with Crippen LogP contribution in [0.1, 0.15) is 39.0 Å². The van der Waals surface area contributed by atoms with E-state index in [0.717, 1.165) is 32.1 Å². The summed E-state index contributed by atoms with van der Waals surface area (Å²) in [4.78, 5) is 25.6. The minimum Gasteiger partial charge on any atom is -0.480 e. The number of nitrogens with zero attached hydrogens (tertiary/aromatic N) is 1. The van der Waals surface area contributed by atoms with Crippen LogP contribution in [0.3, 0.4) is 0 Å². The largest absolute Gasteiger partial charge is 0.480 e. The number of carboxylic acids is 1. The van der Waals surface area contributed by atoms with Crippen molar-refractivity contribution in [3.8, 4) is 0 Å². The SMILES string of the molecule is CC(C(=O)N1CC2CCCC2C1C(=O)O)C1CC1. The number of carboxylic acid groups (broad SMARTS) is 1. The molecule has 4 atom stereocenters. The molecule has 0 bridgehead atoms. The van der Waals surface area contributed by atoms with Crippen molar-refractivity contribution in [2.75, 3.05) is 6.54 Å². The van der Waals surface area contributed by atoms with Gasteiger partial charge in [-0.25, -0.2) is 4.79 Å². The van der Waals surface area contributed by atoms with Crippen molar-refractivity contribution < 1.29 is 14.7 Å². The summed E-state index contributed by atoms with van der Waals surface area (Å²) in [7, 11) is 0. The number of hydrogen-bond acceptors (Lipinski definition) is 2. The second-order valence-electron chi connectivity index (χ2n) is 6.25. The van der Waals surface area contributed by atoms with Crippen LogP contribution >= 0.6 is 0 Å². The summed E-state index contributed by atoms with van der Waals surface area (Å²) in [6.07, 6.45) is 5.45. The Morgan fingerprint density at radius 1 is 1.22 bits per heavy atom. The summed E-state index contributed by atoms with van der Waals surface area (Å²) >= 11 is 0. The standard InChI is InChI=1S/C14H21NO3/c1-8(9-5-6-9)13(16)15-7-10-3-2-4-11(10)12(15)14(17)18/h8-12H,2-7H2,1H3,(H,17,18). The van der Waals surface area contributed by atoms with Crippen LogP contribution in [0.5, 0.6) is 0 Å². The van der Waals surface area contributed by atoms with Crippen LogP contribution in [0.15, 0.2) is 0 Å². The number of rotatable bonds is 3. The smallest absolute Gasteiger partial charge is 0.326 e. The molecule has 4 nitrogen and oxygen atoms in total. The van der Waals surface area contributed by atoms with Gasteiger partial charge < -0.3 is 10.0 Å². The predicted octanol–water partition coefficient (Wildman–Crippen LogP) is 1.74. The van der Waals surface area contributed by atoms with Crippen molar-refractivity contribution in [1.82, 2.24) is 4.90 Å². The predicted molar refractivity (Wildman–Crippen MR) is 65.9 cm³/mol. The van der Waals surface area contributed by atoms with Crippen molar-refractivity contribution in [2.45, 2.75) is 45.1 Å². The Labute approximate surface area is 107 Å². The molecule has 0 spiro atoms. The first-order valence-electron chi connectivity index (χ1n) is 7.13. The van der Waals surface area contributed by atoms with Crippen molar-refractivity contribution in [3.05, 3.63) is 0 Å². The van der Waals surface area contributed by atoms with Crippen LogP contribution in [-0.4, -0.2) is 34.5 Å². The van der Waals surface area contributed by atoms with Crippen molar-refractivity contribution in [3.63, 3.8) is 0 Å². The van der Waals surface area contributed by atoms with E-state index in [9.17, 15) is 14.7 Å². The summed E-state index contributed by atoms with van der Waals surface area (Å²) in [6, 6.07) is -0.550. The Morgan fingerprint density at radius 2 is 1.94 bits per heavy atom. The lowest BCUT2D eigenvalue weighted by molar-refractivity contribution is -0.151. The van der Waals surface area contributed by atoms with Gasteiger partial charge >= 0.3 is 5.97 Å². The van der Waals surface area contributed by atoms with Gasteiger partial charge in [0.2, 0.25) is 5.91 Å². The number of carbonyl (C=O) groups is 2. The maximum Gasteiger partial charge on any atom is 0.326 e. The van der Waals surface area contributed by atoms with E-state index in [-0.39, 0.29) is 17.7 Å². The Hall–Kier alpha value is -1.06. The average Bonchev–Trinajstić information content (AvgIpc) is 2.96. The van der Waals surface area contributed by atoms with Gasteiger partial charge in [-0.15, -0.1) is 0 Å². The lowest BCUT2D eigenvalue weighted by Gasteiger charge is -2.27. The molecule has 4 heteroatoms. The Kier molecular flexibility index (Phi) is 2.83. The summed E-state index contributed by atoms with van der Waals surface area (Å²) in [5, 5.41) is 9.42. The Balaban J connectivity index is 1.78. The Morgan fingerprint density at radius 3 is 2.56 bits per heavy atom. The average molecular weight is 251 g/mol. The number of fused-ring (bicyclic) bond motifs is 1. The molecule has 3 rings (SSSR count). The fourth-order valence-corrected chi connectivity index (χ4v) is 3.91. The van der Waals surface area contributed by atoms with Crippen LogP contribution in [-0.2, 0) is 9.59 Å². The molecule has 1 amide bonds. The molecule has 3 fully saturated rings. The zero-order valence-electron chi connectivity index (χ0n) is 10.8. The molecule has 3 aliphatic rings. The highest BCUT2D eigenvalue weighted by Gasteiger charge is 2.51. The number of amides is 1. The van der Waals surface area contributed by atoms with Gasteiger partial charge in [0.1, 0.15) is 6.04 Å². The van der Waals surface area contributed by atoms with Gasteiger partial charge in [0.05, 0.1) is 0 Å². The van der Waals surface area contributed by atoms with Gasteiger partial charge in [-0.3, -0.25) is 4.79 Å². The van der Waals surface area contributed by atoms with Crippen molar-refractivity contribution >= 4 is 11.9 Å². The lowest BCUT2D eigenvalue weighted by Crippen LogP contribution is -2.45. The molecule has 1 aliphatic heterocycles. The lowest BCUT2D eigenvalue weighted by atomic mass is 9.94. The van der Waals surface area contributed by atoms with Crippen LogP contribution in [0.2, 0.25) is 0 Å². The molecule has 0 aromatic heterocycles. The summed E-state index contributed by atoms with van der Waals surface area (Å²) in [5.41, 5.74) is 0. The molecule has 0 aromatic carbocycles. The van der Waals surface area contributed by atoms with Crippen LogP contribution < -0.4 is 0 Å². The fraction of sp³-hybridized carbons (Fsp3) is 0.857. The molecule has 1 saturated heterocycles. The van der Waals surface area contributed by atoms with Crippen molar-refractivity contribution in [2.24, 2.45) is 23.7 Å². The third-order valence-electron chi connectivity index (χ3n) is 5.15.